The average molecular weight is 705 g/mol. The highest BCUT2D eigenvalue weighted by atomic mass is 32.1. The first-order chi connectivity index (χ1) is 22.7. The first-order valence-electron chi connectivity index (χ1n) is 15.5. The Kier molecular flexibility index (Phi) is 11.2. The van der Waals surface area contributed by atoms with Crippen molar-refractivity contribution in [2.45, 2.75) is 84.4 Å². The molecule has 14 heteroatoms. The van der Waals surface area contributed by atoms with E-state index in [0.29, 0.717) is 27.1 Å². The molecule has 0 aliphatic rings. The van der Waals surface area contributed by atoms with E-state index in [4.69, 9.17) is 19.2 Å². The Morgan fingerprint density at radius 1 is 0.939 bits per heavy atom. The molecule has 0 unspecified atom stereocenters. The molecule has 2 heterocycles. The van der Waals surface area contributed by atoms with Crippen molar-refractivity contribution in [3.8, 4) is 10.4 Å². The number of fused-ring (bicyclic) bond motifs is 1. The van der Waals surface area contributed by atoms with Gasteiger partial charge >= 0.3 is 18.4 Å². The number of thiazole rings is 1. The molecule has 0 bridgehead atoms. The molecule has 4 rings (SSSR count). The number of alkyl carbamates (subject to hydrolysis) is 1. The topological polar surface area (TPSA) is 103 Å². The van der Waals surface area contributed by atoms with Gasteiger partial charge in [-0.2, -0.15) is 17.6 Å². The lowest BCUT2D eigenvalue weighted by Crippen LogP contribution is -2.50. The van der Waals surface area contributed by atoms with Crippen molar-refractivity contribution in [3.63, 3.8) is 0 Å². The Morgan fingerprint density at radius 3 is 2.18 bits per heavy atom. The van der Waals surface area contributed by atoms with Crippen LogP contribution in [0.2, 0.25) is 0 Å². The van der Waals surface area contributed by atoms with Crippen LogP contribution in [0.15, 0.2) is 54.7 Å². The smallest absolute Gasteiger partial charge is 0.416 e. The third-order valence-electron chi connectivity index (χ3n) is 7.21. The van der Waals surface area contributed by atoms with Crippen LogP contribution in [0.5, 0.6) is 0 Å². The van der Waals surface area contributed by atoms with Crippen molar-refractivity contribution >= 4 is 39.4 Å². The first kappa shape index (κ1) is 37.5. The monoisotopic (exact) mass is 704 g/mol. The molecule has 0 aliphatic carbocycles. The fraction of sp³-hybridized carbons (Fsp3) is 0.429. The molecule has 0 fully saturated rings. The summed E-state index contributed by atoms with van der Waals surface area (Å²) in [4.78, 5) is 37.4. The van der Waals surface area contributed by atoms with E-state index < -0.39 is 53.0 Å². The molecule has 0 saturated heterocycles. The van der Waals surface area contributed by atoms with E-state index >= 15 is 0 Å². The lowest BCUT2D eigenvalue weighted by atomic mass is 9.92. The normalized spacial score (nSPS) is 13.6. The van der Waals surface area contributed by atoms with Crippen LogP contribution in [0.4, 0.5) is 32.3 Å². The minimum absolute atomic E-state index is 0.0816. The molecule has 4 aromatic rings. The van der Waals surface area contributed by atoms with Crippen LogP contribution < -0.4 is 10.2 Å². The standard InChI is InChI=1S/C35H40F4N4O5S/c1-20(21-11-13-25(14-12-21)35(37,38)39)26(42-31(44)47-33(2,3)4)18-43(32(45)48-34(5,6)7)30-41-27(19-46-8)29(49-30)22-9-10-23-17-40-28(36)16-24(23)15-22/h9-17,20,26H,18-19H2,1-8H3,(H,42,44)/t20-,26+/m0/s1. The Bertz CT molecular complexity index is 1780. The summed E-state index contributed by atoms with van der Waals surface area (Å²) in [5.41, 5.74) is -0.902. The summed E-state index contributed by atoms with van der Waals surface area (Å²) < 4.78 is 70.7. The van der Waals surface area contributed by atoms with Crippen LogP contribution in [-0.4, -0.2) is 53.1 Å². The molecule has 0 radical (unpaired) electrons. The number of aromatic nitrogens is 2. The number of benzene rings is 2. The second kappa shape index (κ2) is 14.7. The minimum Gasteiger partial charge on any atom is -0.444 e. The molecule has 2 atom stereocenters. The van der Waals surface area contributed by atoms with Gasteiger partial charge in [0.05, 0.1) is 35.3 Å². The van der Waals surface area contributed by atoms with Crippen molar-refractivity contribution in [3.05, 3.63) is 77.5 Å². The highest BCUT2D eigenvalue weighted by Crippen LogP contribution is 2.38. The van der Waals surface area contributed by atoms with Crippen molar-refractivity contribution in [1.82, 2.24) is 15.3 Å². The van der Waals surface area contributed by atoms with Gasteiger partial charge in [-0.25, -0.2) is 19.6 Å². The second-order valence-corrected chi connectivity index (χ2v) is 14.5. The van der Waals surface area contributed by atoms with Crippen molar-refractivity contribution in [2.75, 3.05) is 18.6 Å². The number of hydrogen-bond donors (Lipinski definition) is 1. The predicted molar refractivity (Wildman–Crippen MR) is 180 cm³/mol. The zero-order valence-electron chi connectivity index (χ0n) is 28.6. The molecule has 1 N–H and O–H groups in total. The maximum Gasteiger partial charge on any atom is 0.416 e. The maximum atomic E-state index is 14.0. The van der Waals surface area contributed by atoms with Gasteiger partial charge in [-0.3, -0.25) is 4.90 Å². The Hall–Kier alpha value is -4.30. The third-order valence-corrected chi connectivity index (χ3v) is 8.38. The van der Waals surface area contributed by atoms with Crippen LogP contribution >= 0.6 is 11.3 Å². The quantitative estimate of drug-likeness (QED) is 0.137. The Morgan fingerprint density at radius 2 is 1.59 bits per heavy atom. The van der Waals surface area contributed by atoms with E-state index in [1.165, 1.54) is 47.7 Å². The van der Waals surface area contributed by atoms with Gasteiger partial charge < -0.3 is 19.5 Å². The fourth-order valence-electron chi connectivity index (χ4n) is 4.91. The number of pyridine rings is 1. The number of halogens is 4. The van der Waals surface area contributed by atoms with Gasteiger partial charge in [0.25, 0.3) is 0 Å². The number of amides is 2. The number of alkyl halides is 3. The SMILES string of the molecule is COCc1nc(N(C[C@@H](NC(=O)OC(C)(C)C)[C@@H](C)c2ccc(C(F)(F)F)cc2)C(=O)OC(C)(C)C)sc1-c1ccc2cnc(F)cc2c1. The van der Waals surface area contributed by atoms with Crippen LogP contribution in [0.3, 0.4) is 0 Å². The highest BCUT2D eigenvalue weighted by molar-refractivity contribution is 7.19. The largest absolute Gasteiger partial charge is 0.444 e. The summed E-state index contributed by atoms with van der Waals surface area (Å²) in [5, 5.41) is 4.37. The van der Waals surface area contributed by atoms with Crippen LogP contribution in [0, 0.1) is 5.95 Å². The summed E-state index contributed by atoms with van der Waals surface area (Å²) in [6, 6.07) is 10.5. The fourth-order valence-corrected chi connectivity index (χ4v) is 5.98. The number of anilines is 1. The van der Waals surface area contributed by atoms with Gasteiger partial charge in [-0.1, -0.05) is 42.5 Å². The molecule has 0 saturated carbocycles. The number of rotatable bonds is 9. The molecule has 2 aromatic carbocycles. The predicted octanol–water partition coefficient (Wildman–Crippen LogP) is 9.10. The van der Waals surface area contributed by atoms with E-state index in [0.717, 1.165) is 17.5 Å². The van der Waals surface area contributed by atoms with Gasteiger partial charge in [0.15, 0.2) is 5.13 Å². The molecular formula is C35H40F4N4O5S. The first-order valence-corrected chi connectivity index (χ1v) is 16.3. The van der Waals surface area contributed by atoms with E-state index in [1.54, 1.807) is 60.6 Å². The third kappa shape index (κ3) is 10.1. The second-order valence-electron chi connectivity index (χ2n) is 13.5. The number of carbonyl (C=O) groups excluding carboxylic acids is 2. The zero-order valence-corrected chi connectivity index (χ0v) is 29.4. The van der Waals surface area contributed by atoms with Crippen LogP contribution in [0.1, 0.15) is 71.2 Å². The zero-order chi connectivity index (χ0) is 36.3. The van der Waals surface area contributed by atoms with Gasteiger partial charge in [-0.15, -0.1) is 0 Å². The Labute approximate surface area is 286 Å². The van der Waals surface area contributed by atoms with Crippen molar-refractivity contribution in [2.24, 2.45) is 0 Å². The lowest BCUT2D eigenvalue weighted by Gasteiger charge is -2.32. The molecule has 2 amide bonds. The van der Waals surface area contributed by atoms with E-state index in [1.807, 2.05) is 6.07 Å². The number of carbonyl (C=O) groups is 2. The number of hydrogen-bond acceptors (Lipinski definition) is 8. The molecule has 264 valence electrons. The van der Waals surface area contributed by atoms with E-state index in [9.17, 15) is 27.2 Å². The molecular weight excluding hydrogens is 664 g/mol. The van der Waals surface area contributed by atoms with Gasteiger partial charge in [0.1, 0.15) is 11.2 Å². The molecule has 2 aromatic heterocycles. The number of methoxy groups -OCH3 is 1. The van der Waals surface area contributed by atoms with Gasteiger partial charge in [-0.05, 0) is 76.3 Å². The molecule has 0 spiro atoms. The van der Waals surface area contributed by atoms with E-state index in [2.05, 4.69) is 10.3 Å². The van der Waals surface area contributed by atoms with Gasteiger partial charge in [0.2, 0.25) is 5.95 Å². The molecule has 9 nitrogen and oxygen atoms in total. The lowest BCUT2D eigenvalue weighted by molar-refractivity contribution is -0.137. The molecule has 0 aliphatic heterocycles. The van der Waals surface area contributed by atoms with Crippen molar-refractivity contribution < 1.29 is 41.4 Å². The van der Waals surface area contributed by atoms with Crippen LogP contribution in [0.25, 0.3) is 21.2 Å². The minimum atomic E-state index is -4.53. The summed E-state index contributed by atoms with van der Waals surface area (Å²) in [6.45, 7) is 11.8. The average Bonchev–Trinajstić information content (AvgIpc) is 3.39. The highest BCUT2D eigenvalue weighted by Gasteiger charge is 2.34. The van der Waals surface area contributed by atoms with E-state index in [-0.39, 0.29) is 18.3 Å². The van der Waals surface area contributed by atoms with Crippen LogP contribution in [-0.2, 0) is 27.0 Å². The maximum absolute atomic E-state index is 14.0. The summed E-state index contributed by atoms with van der Waals surface area (Å²) in [6.07, 6.45) is -4.64. The number of nitrogens with zero attached hydrogens (tertiary/aromatic N) is 3. The number of nitrogens with one attached hydrogen (secondary N) is 1. The molecule has 49 heavy (non-hydrogen) atoms. The summed E-state index contributed by atoms with van der Waals surface area (Å²) in [5.74, 6) is -1.24. The summed E-state index contributed by atoms with van der Waals surface area (Å²) >= 11 is 1.17. The van der Waals surface area contributed by atoms with Gasteiger partial charge in [0, 0.05) is 30.7 Å². The summed E-state index contributed by atoms with van der Waals surface area (Å²) in [7, 11) is 1.50. The Balaban J connectivity index is 1.80. The van der Waals surface area contributed by atoms with Crippen molar-refractivity contribution in [1.29, 1.82) is 0 Å². The number of ether oxygens (including phenoxy) is 3.